The maximum absolute atomic E-state index is 12.1. The molecular weight excluding hydrogens is 278 g/mol. The van der Waals surface area contributed by atoms with Crippen LogP contribution in [0.1, 0.15) is 18.9 Å². The fraction of sp³-hybridized carbons (Fsp3) is 0.500. The van der Waals surface area contributed by atoms with Gasteiger partial charge in [0.25, 0.3) is 10.1 Å². The number of carbonyl (C=O) groups excluding carboxylic acids is 1. The van der Waals surface area contributed by atoms with Gasteiger partial charge in [-0.3, -0.25) is 8.98 Å². The molecule has 0 radical (unpaired) electrons. The molecule has 1 aromatic rings. The summed E-state index contributed by atoms with van der Waals surface area (Å²) < 4.78 is 26.7. The molecule has 2 atom stereocenters. The average molecular weight is 297 g/mol. The molecule has 0 aromatic heterocycles. The second-order valence-corrected chi connectivity index (χ2v) is 7.23. The highest BCUT2D eigenvalue weighted by molar-refractivity contribution is 7.85. The molecule has 1 aliphatic heterocycles. The zero-order valence-electron chi connectivity index (χ0n) is 11.6. The van der Waals surface area contributed by atoms with E-state index in [9.17, 15) is 13.2 Å². The lowest BCUT2D eigenvalue weighted by Gasteiger charge is -2.20. The molecule has 1 fully saturated rings. The van der Waals surface area contributed by atoms with E-state index in [1.54, 1.807) is 0 Å². The standard InChI is InChI=1S/C14H19NO4S/c1-14(8-11-6-4-3-5-7-11)9-12(15-13(14)16)10-19-20(2,17)18/h3-7,12H,8-10H2,1-2H3,(H,15,16). The quantitative estimate of drug-likeness (QED) is 0.826. The second-order valence-electron chi connectivity index (χ2n) is 5.59. The van der Waals surface area contributed by atoms with E-state index in [-0.39, 0.29) is 18.6 Å². The number of hydrogen-bond acceptors (Lipinski definition) is 4. The summed E-state index contributed by atoms with van der Waals surface area (Å²) in [6, 6.07) is 9.53. The Morgan fingerprint density at radius 3 is 2.60 bits per heavy atom. The molecule has 0 bridgehead atoms. The van der Waals surface area contributed by atoms with Crippen LogP contribution in [0.5, 0.6) is 0 Å². The van der Waals surface area contributed by atoms with E-state index in [4.69, 9.17) is 4.18 Å². The third-order valence-electron chi connectivity index (χ3n) is 3.50. The third-order valence-corrected chi connectivity index (χ3v) is 4.06. The molecule has 1 heterocycles. The van der Waals surface area contributed by atoms with Crippen LogP contribution in [0, 0.1) is 5.41 Å². The summed E-state index contributed by atoms with van der Waals surface area (Å²) in [6.07, 6.45) is 2.21. The Bertz CT molecular complexity index is 584. The fourth-order valence-corrected chi connectivity index (χ4v) is 2.96. The molecule has 5 nitrogen and oxygen atoms in total. The van der Waals surface area contributed by atoms with Gasteiger partial charge >= 0.3 is 0 Å². The van der Waals surface area contributed by atoms with Crippen molar-refractivity contribution in [1.82, 2.24) is 5.32 Å². The molecule has 1 saturated heterocycles. The Hall–Kier alpha value is -1.40. The van der Waals surface area contributed by atoms with Crippen molar-refractivity contribution in [2.45, 2.75) is 25.8 Å². The molecule has 0 saturated carbocycles. The number of amides is 1. The largest absolute Gasteiger partial charge is 0.350 e. The number of rotatable bonds is 5. The molecule has 6 heteroatoms. The van der Waals surface area contributed by atoms with E-state index in [0.717, 1.165) is 11.8 Å². The minimum Gasteiger partial charge on any atom is -0.350 e. The normalized spacial score (nSPS) is 26.5. The first-order valence-electron chi connectivity index (χ1n) is 6.48. The van der Waals surface area contributed by atoms with Crippen molar-refractivity contribution in [2.75, 3.05) is 12.9 Å². The monoisotopic (exact) mass is 297 g/mol. The van der Waals surface area contributed by atoms with E-state index in [1.807, 2.05) is 37.3 Å². The van der Waals surface area contributed by atoms with Crippen LogP contribution in [0.15, 0.2) is 30.3 Å². The first kappa shape index (κ1) is 15.0. The predicted molar refractivity (Wildman–Crippen MR) is 75.6 cm³/mol. The van der Waals surface area contributed by atoms with Crippen molar-refractivity contribution < 1.29 is 17.4 Å². The minimum atomic E-state index is -3.48. The average Bonchev–Trinajstić information content (AvgIpc) is 2.63. The Kier molecular flexibility index (Phi) is 4.15. The van der Waals surface area contributed by atoms with Crippen LogP contribution in [-0.2, 0) is 25.5 Å². The summed E-state index contributed by atoms with van der Waals surface area (Å²) in [5.74, 6) is -0.0524. The number of benzene rings is 1. The Morgan fingerprint density at radius 1 is 1.35 bits per heavy atom. The fourth-order valence-electron chi connectivity index (χ4n) is 2.55. The summed E-state index contributed by atoms with van der Waals surface area (Å²) in [4.78, 5) is 12.1. The van der Waals surface area contributed by atoms with Crippen LogP contribution in [-0.4, -0.2) is 33.2 Å². The molecule has 2 rings (SSSR count). The highest BCUT2D eigenvalue weighted by Crippen LogP contribution is 2.33. The maximum Gasteiger partial charge on any atom is 0.264 e. The van der Waals surface area contributed by atoms with E-state index in [1.165, 1.54) is 0 Å². The Morgan fingerprint density at radius 2 is 2.00 bits per heavy atom. The van der Waals surface area contributed by atoms with Gasteiger partial charge in [-0.05, 0) is 18.4 Å². The van der Waals surface area contributed by atoms with E-state index in [0.29, 0.717) is 12.8 Å². The van der Waals surface area contributed by atoms with Crippen LogP contribution in [0.2, 0.25) is 0 Å². The van der Waals surface area contributed by atoms with E-state index < -0.39 is 15.5 Å². The van der Waals surface area contributed by atoms with Crippen molar-refractivity contribution >= 4 is 16.0 Å². The first-order chi connectivity index (χ1) is 9.28. The molecule has 20 heavy (non-hydrogen) atoms. The van der Waals surface area contributed by atoms with Crippen molar-refractivity contribution in [3.8, 4) is 0 Å². The van der Waals surface area contributed by atoms with Gasteiger partial charge in [0.05, 0.1) is 24.3 Å². The first-order valence-corrected chi connectivity index (χ1v) is 8.29. The summed E-state index contributed by atoms with van der Waals surface area (Å²) in [5.41, 5.74) is 0.571. The Labute approximate surface area is 119 Å². The lowest BCUT2D eigenvalue weighted by Crippen LogP contribution is -2.33. The molecule has 1 aromatic carbocycles. The highest BCUT2D eigenvalue weighted by atomic mass is 32.2. The summed E-state index contributed by atoms with van der Waals surface area (Å²) in [5, 5.41) is 2.81. The molecule has 0 aliphatic carbocycles. The summed E-state index contributed by atoms with van der Waals surface area (Å²) >= 11 is 0. The SMILES string of the molecule is CC1(Cc2ccccc2)CC(COS(C)(=O)=O)NC1=O. The zero-order valence-corrected chi connectivity index (χ0v) is 12.4. The van der Waals surface area contributed by atoms with E-state index >= 15 is 0 Å². The summed E-state index contributed by atoms with van der Waals surface area (Å²) in [6.45, 7) is 1.89. The van der Waals surface area contributed by atoms with Crippen molar-refractivity contribution in [1.29, 1.82) is 0 Å². The molecule has 0 spiro atoms. The molecule has 110 valence electrons. The number of carbonyl (C=O) groups is 1. The molecular formula is C14H19NO4S. The second kappa shape index (κ2) is 5.54. The van der Waals surface area contributed by atoms with Crippen LogP contribution >= 0.6 is 0 Å². The third kappa shape index (κ3) is 3.80. The van der Waals surface area contributed by atoms with E-state index in [2.05, 4.69) is 5.32 Å². The number of nitrogens with one attached hydrogen (secondary N) is 1. The zero-order chi connectivity index (χ0) is 14.8. The van der Waals surface area contributed by atoms with Gasteiger partial charge in [-0.25, -0.2) is 0 Å². The molecule has 1 aliphatic rings. The van der Waals surface area contributed by atoms with Crippen LogP contribution in [0.3, 0.4) is 0 Å². The van der Waals surface area contributed by atoms with Crippen LogP contribution < -0.4 is 5.32 Å². The van der Waals surface area contributed by atoms with Gasteiger partial charge in [0.15, 0.2) is 0 Å². The van der Waals surface area contributed by atoms with Gasteiger partial charge in [-0.2, -0.15) is 8.42 Å². The van der Waals surface area contributed by atoms with Crippen molar-refractivity contribution in [3.63, 3.8) is 0 Å². The lowest BCUT2D eigenvalue weighted by molar-refractivity contribution is -0.126. The van der Waals surface area contributed by atoms with Gasteiger partial charge < -0.3 is 5.32 Å². The van der Waals surface area contributed by atoms with Gasteiger partial charge in [0.1, 0.15) is 0 Å². The van der Waals surface area contributed by atoms with Gasteiger partial charge in [0, 0.05) is 0 Å². The minimum absolute atomic E-state index is 0.00501. The summed E-state index contributed by atoms with van der Waals surface area (Å²) in [7, 11) is -3.48. The Balaban J connectivity index is 2.01. The molecule has 1 amide bonds. The number of hydrogen-bond donors (Lipinski definition) is 1. The lowest BCUT2D eigenvalue weighted by atomic mass is 9.81. The van der Waals surface area contributed by atoms with Gasteiger partial charge in [-0.15, -0.1) is 0 Å². The highest BCUT2D eigenvalue weighted by Gasteiger charge is 2.43. The smallest absolute Gasteiger partial charge is 0.264 e. The molecule has 2 unspecified atom stereocenters. The van der Waals surface area contributed by atoms with Crippen LogP contribution in [0.4, 0.5) is 0 Å². The maximum atomic E-state index is 12.1. The predicted octanol–water partition coefficient (Wildman–Crippen LogP) is 1.10. The molecule has 1 N–H and O–H groups in total. The topological polar surface area (TPSA) is 72.5 Å². The van der Waals surface area contributed by atoms with Crippen molar-refractivity contribution in [2.24, 2.45) is 5.41 Å². The van der Waals surface area contributed by atoms with Gasteiger partial charge in [0.2, 0.25) is 5.91 Å². The van der Waals surface area contributed by atoms with Crippen molar-refractivity contribution in [3.05, 3.63) is 35.9 Å². The van der Waals surface area contributed by atoms with Crippen LogP contribution in [0.25, 0.3) is 0 Å². The van der Waals surface area contributed by atoms with Gasteiger partial charge in [-0.1, -0.05) is 37.3 Å².